The van der Waals surface area contributed by atoms with Crippen molar-refractivity contribution in [3.05, 3.63) is 17.2 Å². The van der Waals surface area contributed by atoms with E-state index < -0.39 is 0 Å². The van der Waals surface area contributed by atoms with E-state index in [0.29, 0.717) is 19.0 Å². The summed E-state index contributed by atoms with van der Waals surface area (Å²) in [5.74, 6) is 0.788. The summed E-state index contributed by atoms with van der Waals surface area (Å²) in [5, 5.41) is 19.1. The molecule has 0 saturated carbocycles. The first-order valence-corrected chi connectivity index (χ1v) is 3.84. The van der Waals surface area contributed by atoms with Crippen LogP contribution in [0.3, 0.4) is 0 Å². The van der Waals surface area contributed by atoms with Crippen molar-refractivity contribution >= 4 is 5.82 Å². The van der Waals surface area contributed by atoms with Crippen LogP contribution in [0.25, 0.3) is 0 Å². The van der Waals surface area contributed by atoms with Crippen LogP contribution in [0, 0.1) is 12.1 Å². The molecular weight excluding hydrogens is 174 g/mol. The van der Waals surface area contributed by atoms with Gasteiger partial charge in [0, 0.05) is 13.7 Å². The summed E-state index contributed by atoms with van der Waals surface area (Å²) in [6.45, 7) is 2.72. The molecule has 0 unspecified atom stereocenters. The number of hydrogen-bond acceptors (Lipinski definition) is 5. The van der Waals surface area contributed by atoms with Crippen molar-refractivity contribution in [2.45, 2.75) is 13.5 Å². The summed E-state index contributed by atoms with van der Waals surface area (Å²) in [7, 11) is 1.57. The highest BCUT2D eigenvalue weighted by Crippen LogP contribution is 2.13. The average molecular weight is 186 g/mol. The van der Waals surface area contributed by atoms with Crippen LogP contribution < -0.4 is 5.23 Å². The molecule has 6 nitrogen and oxygen atoms in total. The Morgan fingerprint density at radius 1 is 1.77 bits per heavy atom. The van der Waals surface area contributed by atoms with Crippen LogP contribution in [-0.2, 0) is 11.3 Å². The molecule has 1 heterocycles. The Hall–Kier alpha value is -1.11. The summed E-state index contributed by atoms with van der Waals surface area (Å²) in [5.41, 5.74) is 0. The van der Waals surface area contributed by atoms with Gasteiger partial charge in [-0.2, -0.15) is 0 Å². The molecule has 0 aliphatic rings. The topological polar surface area (TPSA) is 73.6 Å². The maximum atomic E-state index is 10.6. The Labute approximate surface area is 75.9 Å². The van der Waals surface area contributed by atoms with E-state index >= 15 is 0 Å². The van der Waals surface area contributed by atoms with Crippen LogP contribution in [0.2, 0.25) is 0 Å². The smallest absolute Gasteiger partial charge is 0.142 e. The first-order chi connectivity index (χ1) is 6.16. The van der Waals surface area contributed by atoms with Crippen molar-refractivity contribution < 1.29 is 9.94 Å². The first kappa shape index (κ1) is 9.97. The van der Waals surface area contributed by atoms with Gasteiger partial charge in [0.25, 0.3) is 0 Å². The van der Waals surface area contributed by atoms with Gasteiger partial charge in [-0.15, -0.1) is 0 Å². The van der Waals surface area contributed by atoms with Gasteiger partial charge in [-0.25, -0.2) is 4.98 Å². The molecule has 6 heteroatoms. The van der Waals surface area contributed by atoms with Gasteiger partial charge >= 0.3 is 0 Å². The molecule has 13 heavy (non-hydrogen) atoms. The molecule has 0 atom stereocenters. The molecule has 0 fully saturated rings. The molecule has 0 aromatic carbocycles. The molecule has 0 aliphatic carbocycles. The van der Waals surface area contributed by atoms with Crippen molar-refractivity contribution in [2.75, 3.05) is 18.9 Å². The third-order valence-electron chi connectivity index (χ3n) is 1.75. The number of aromatic nitrogens is 2. The van der Waals surface area contributed by atoms with E-state index in [-0.39, 0.29) is 11.0 Å². The number of nitrogens with zero attached hydrogens (tertiary/aromatic N) is 3. The molecule has 1 aromatic rings. The predicted octanol–water partition coefficient (Wildman–Crippen LogP) is 0.531. The summed E-state index contributed by atoms with van der Waals surface area (Å²) < 4.78 is 6.43. The van der Waals surface area contributed by atoms with Crippen LogP contribution in [0.1, 0.15) is 5.82 Å². The Balaban J connectivity index is 2.82. The Morgan fingerprint density at radius 2 is 2.46 bits per heavy atom. The van der Waals surface area contributed by atoms with Crippen molar-refractivity contribution in [1.29, 1.82) is 0 Å². The molecule has 0 saturated heterocycles. The Morgan fingerprint density at radius 3 is 3.00 bits per heavy atom. The normalized spacial score (nSPS) is 10.5. The van der Waals surface area contributed by atoms with Crippen molar-refractivity contribution in [3.63, 3.8) is 0 Å². The van der Waals surface area contributed by atoms with E-state index in [0.717, 1.165) is 0 Å². The molecule has 74 valence electrons. The van der Waals surface area contributed by atoms with Gasteiger partial charge in [0.2, 0.25) is 0 Å². The minimum atomic E-state index is -0.199. The fourth-order valence-corrected chi connectivity index (χ4v) is 1.07. The zero-order valence-corrected chi connectivity index (χ0v) is 7.60. The van der Waals surface area contributed by atoms with Crippen molar-refractivity contribution in [2.24, 2.45) is 0 Å². The lowest BCUT2D eigenvalue weighted by molar-refractivity contribution is 0.185. The standard InChI is InChI=1S/C7H12N3O3/c1-6-8-5-7(10(11)12)9(6)3-4-13-2/h5,11H,3-4H2,1-2H3/q-1. The van der Waals surface area contributed by atoms with Crippen molar-refractivity contribution in [1.82, 2.24) is 9.55 Å². The van der Waals surface area contributed by atoms with Crippen LogP contribution in [-0.4, -0.2) is 28.5 Å². The van der Waals surface area contributed by atoms with E-state index in [2.05, 4.69) is 4.98 Å². The summed E-state index contributed by atoms with van der Waals surface area (Å²) in [6.07, 6.45) is 1.32. The van der Waals surface area contributed by atoms with E-state index in [4.69, 9.17) is 9.94 Å². The maximum absolute atomic E-state index is 10.6. The summed E-state index contributed by atoms with van der Waals surface area (Å²) in [6, 6.07) is 0. The second kappa shape index (κ2) is 4.22. The second-order valence-electron chi connectivity index (χ2n) is 2.58. The monoisotopic (exact) mass is 186 g/mol. The van der Waals surface area contributed by atoms with Crippen LogP contribution >= 0.6 is 0 Å². The Bertz CT molecular complexity index is 272. The van der Waals surface area contributed by atoms with Gasteiger partial charge in [-0.1, -0.05) is 0 Å². The molecule has 0 radical (unpaired) electrons. The zero-order valence-electron chi connectivity index (χ0n) is 7.60. The van der Waals surface area contributed by atoms with Gasteiger partial charge in [0.15, 0.2) is 0 Å². The van der Waals surface area contributed by atoms with E-state index in [1.165, 1.54) is 6.20 Å². The quantitative estimate of drug-likeness (QED) is 0.694. The highest BCUT2D eigenvalue weighted by atomic mass is 16.8. The van der Waals surface area contributed by atoms with E-state index in [1.54, 1.807) is 18.6 Å². The van der Waals surface area contributed by atoms with Crippen LogP contribution in [0.15, 0.2) is 6.20 Å². The average Bonchev–Trinajstić information content (AvgIpc) is 2.43. The SMILES string of the molecule is COCCn1c(N([O-])O)cnc1C. The molecule has 0 amide bonds. The number of anilines is 1. The van der Waals surface area contributed by atoms with Gasteiger partial charge in [-0.3, -0.25) is 5.21 Å². The first-order valence-electron chi connectivity index (χ1n) is 3.84. The summed E-state index contributed by atoms with van der Waals surface area (Å²) in [4.78, 5) is 3.90. The number of aryl methyl sites for hydroxylation is 1. The largest absolute Gasteiger partial charge is 0.732 e. The van der Waals surface area contributed by atoms with E-state index in [9.17, 15) is 5.21 Å². The summed E-state index contributed by atoms with van der Waals surface area (Å²) >= 11 is 0. The predicted molar refractivity (Wildman–Crippen MR) is 46.5 cm³/mol. The molecule has 1 N–H and O–H groups in total. The lowest BCUT2D eigenvalue weighted by atomic mass is 10.6. The Kier molecular flexibility index (Phi) is 3.24. The van der Waals surface area contributed by atoms with Crippen LogP contribution in [0.4, 0.5) is 5.82 Å². The molecule has 0 bridgehead atoms. The second-order valence-corrected chi connectivity index (χ2v) is 2.58. The number of hydrogen-bond donors (Lipinski definition) is 1. The molecule has 1 rings (SSSR count). The highest BCUT2D eigenvalue weighted by molar-refractivity contribution is 5.35. The molecule has 1 aromatic heterocycles. The third-order valence-corrected chi connectivity index (χ3v) is 1.75. The molecule has 0 aliphatic heterocycles. The number of rotatable bonds is 4. The molecular formula is C7H12N3O3-. The minimum Gasteiger partial charge on any atom is -0.732 e. The number of methoxy groups -OCH3 is 1. The third kappa shape index (κ3) is 2.18. The fraction of sp³-hybridized carbons (Fsp3) is 0.571. The lowest BCUT2D eigenvalue weighted by Crippen LogP contribution is -2.15. The van der Waals surface area contributed by atoms with Crippen molar-refractivity contribution in [3.8, 4) is 0 Å². The van der Waals surface area contributed by atoms with E-state index in [1.807, 2.05) is 0 Å². The zero-order chi connectivity index (χ0) is 9.84. The minimum absolute atomic E-state index is 0.120. The molecule has 0 spiro atoms. The lowest BCUT2D eigenvalue weighted by Gasteiger charge is -2.22. The highest BCUT2D eigenvalue weighted by Gasteiger charge is 2.05. The van der Waals surface area contributed by atoms with Crippen LogP contribution in [0.5, 0.6) is 0 Å². The maximum Gasteiger partial charge on any atom is 0.142 e. The van der Waals surface area contributed by atoms with Gasteiger partial charge in [0.1, 0.15) is 11.6 Å². The number of imidazole rings is 1. The number of ether oxygens (including phenoxy) is 1. The van der Waals surface area contributed by atoms with Gasteiger partial charge in [0.05, 0.1) is 12.8 Å². The van der Waals surface area contributed by atoms with Gasteiger partial charge in [-0.05, 0) is 6.92 Å². The van der Waals surface area contributed by atoms with Gasteiger partial charge < -0.3 is 19.7 Å². The fourth-order valence-electron chi connectivity index (χ4n) is 1.07.